The molecule has 2 amide bonds. The number of rotatable bonds is 7. The van der Waals surface area contributed by atoms with Gasteiger partial charge in [0.15, 0.2) is 10.6 Å². The lowest BCUT2D eigenvalue weighted by Gasteiger charge is -2.13. The average Bonchev–Trinajstić information content (AvgIpc) is 3.19. The van der Waals surface area contributed by atoms with Gasteiger partial charge in [0.1, 0.15) is 18.1 Å². The Morgan fingerprint density at radius 3 is 2.57 bits per heavy atom. The van der Waals surface area contributed by atoms with Crippen LogP contribution in [0.2, 0.25) is 0 Å². The quantitative estimate of drug-likeness (QED) is 0.318. The van der Waals surface area contributed by atoms with Crippen molar-refractivity contribution in [2.75, 3.05) is 17.7 Å². The van der Waals surface area contributed by atoms with Crippen molar-refractivity contribution in [3.05, 3.63) is 88.4 Å². The first-order valence-electron chi connectivity index (χ1n) is 10.6. The number of halogens is 1. The number of benzene rings is 3. The number of carbonyl (C=O) groups excluding carboxylic acids is 2. The van der Waals surface area contributed by atoms with E-state index in [0.29, 0.717) is 27.7 Å². The number of aromatic amines is 1. The first kappa shape index (κ1) is 23.8. The van der Waals surface area contributed by atoms with Crippen molar-refractivity contribution in [3.8, 4) is 17.1 Å². The highest BCUT2D eigenvalue weighted by Gasteiger charge is 2.15. The molecule has 0 saturated carbocycles. The molecule has 0 aliphatic carbocycles. The number of carbonyl (C=O) groups is 2. The molecular formula is C25H22FN5O3S. The topological polar surface area (TPSA) is 101 Å². The molecule has 1 aromatic heterocycles. The standard InChI is InChI=1S/C25H22FN5O3S/c1-15-6-8-16(9-7-15)23-29-30-25(35)31(23)14-22(32)27-19-10-11-21(34-2)20(13-19)28-24(33)17-4-3-5-18(26)12-17/h3-13H,14H2,1-2H3,(H,27,32)(H,28,33)(H,30,35). The summed E-state index contributed by atoms with van der Waals surface area (Å²) in [5.41, 5.74) is 2.83. The van der Waals surface area contributed by atoms with Gasteiger partial charge in [0.2, 0.25) is 5.91 Å². The molecule has 3 aromatic carbocycles. The maximum atomic E-state index is 13.5. The predicted octanol–water partition coefficient (Wildman–Crippen LogP) is 4.95. The molecule has 4 aromatic rings. The van der Waals surface area contributed by atoms with Gasteiger partial charge >= 0.3 is 0 Å². The molecule has 0 fully saturated rings. The van der Waals surface area contributed by atoms with E-state index in [1.807, 2.05) is 31.2 Å². The summed E-state index contributed by atoms with van der Waals surface area (Å²) in [6.07, 6.45) is 0. The Balaban J connectivity index is 1.52. The molecule has 0 spiro atoms. The Labute approximate surface area is 205 Å². The van der Waals surface area contributed by atoms with Gasteiger partial charge in [-0.15, -0.1) is 0 Å². The lowest BCUT2D eigenvalue weighted by atomic mass is 10.1. The molecule has 8 nitrogen and oxygen atoms in total. The molecule has 0 bridgehead atoms. The number of ether oxygens (including phenoxy) is 1. The molecule has 0 unspecified atom stereocenters. The zero-order chi connectivity index (χ0) is 24.9. The molecule has 4 rings (SSSR count). The van der Waals surface area contributed by atoms with Crippen LogP contribution in [0.5, 0.6) is 5.75 Å². The van der Waals surface area contributed by atoms with Crippen molar-refractivity contribution >= 4 is 35.4 Å². The number of amides is 2. The van der Waals surface area contributed by atoms with Gasteiger partial charge in [-0.3, -0.25) is 19.3 Å². The lowest BCUT2D eigenvalue weighted by molar-refractivity contribution is -0.116. The summed E-state index contributed by atoms with van der Waals surface area (Å²) in [5, 5.41) is 12.5. The monoisotopic (exact) mass is 491 g/mol. The van der Waals surface area contributed by atoms with Crippen LogP contribution >= 0.6 is 12.2 Å². The molecular weight excluding hydrogens is 469 g/mol. The Morgan fingerprint density at radius 2 is 1.86 bits per heavy atom. The van der Waals surface area contributed by atoms with E-state index in [1.165, 1.54) is 25.3 Å². The van der Waals surface area contributed by atoms with Crippen LogP contribution in [-0.2, 0) is 11.3 Å². The minimum atomic E-state index is -0.520. The fourth-order valence-corrected chi connectivity index (χ4v) is 3.64. The highest BCUT2D eigenvalue weighted by Crippen LogP contribution is 2.28. The Bertz CT molecular complexity index is 1450. The molecule has 0 saturated heterocycles. The lowest BCUT2D eigenvalue weighted by Crippen LogP contribution is -2.20. The van der Waals surface area contributed by atoms with Crippen LogP contribution in [0.25, 0.3) is 11.4 Å². The third-order valence-electron chi connectivity index (χ3n) is 5.19. The van der Waals surface area contributed by atoms with E-state index in [1.54, 1.807) is 22.8 Å². The highest BCUT2D eigenvalue weighted by molar-refractivity contribution is 7.71. The van der Waals surface area contributed by atoms with E-state index >= 15 is 0 Å². The summed E-state index contributed by atoms with van der Waals surface area (Å²) in [7, 11) is 1.46. The summed E-state index contributed by atoms with van der Waals surface area (Å²) >= 11 is 5.31. The molecule has 3 N–H and O–H groups in total. The normalized spacial score (nSPS) is 10.6. The molecule has 178 valence electrons. The number of nitrogens with zero attached hydrogens (tertiary/aromatic N) is 2. The van der Waals surface area contributed by atoms with Gasteiger partial charge in [0.05, 0.1) is 12.8 Å². The third kappa shape index (κ3) is 5.61. The molecule has 0 aliphatic rings. The van der Waals surface area contributed by atoms with Crippen LogP contribution in [0.15, 0.2) is 66.7 Å². The predicted molar refractivity (Wildman–Crippen MR) is 134 cm³/mol. The van der Waals surface area contributed by atoms with Crippen molar-refractivity contribution in [2.24, 2.45) is 0 Å². The number of anilines is 2. The maximum absolute atomic E-state index is 13.5. The third-order valence-corrected chi connectivity index (χ3v) is 5.50. The van der Waals surface area contributed by atoms with Gasteiger partial charge < -0.3 is 15.4 Å². The fraction of sp³-hybridized carbons (Fsp3) is 0.120. The van der Waals surface area contributed by atoms with Crippen LogP contribution in [0.1, 0.15) is 15.9 Å². The van der Waals surface area contributed by atoms with Crippen molar-refractivity contribution in [1.29, 1.82) is 0 Å². The SMILES string of the molecule is COc1ccc(NC(=O)Cn2c(-c3ccc(C)cc3)n[nH]c2=S)cc1NC(=O)c1cccc(F)c1. The smallest absolute Gasteiger partial charge is 0.255 e. The van der Waals surface area contributed by atoms with Crippen LogP contribution in [0.3, 0.4) is 0 Å². The van der Waals surface area contributed by atoms with Gasteiger partial charge in [-0.1, -0.05) is 35.9 Å². The summed E-state index contributed by atoms with van der Waals surface area (Å²) in [5.74, 6) is -0.454. The summed E-state index contributed by atoms with van der Waals surface area (Å²) in [6, 6.07) is 17.9. The van der Waals surface area contributed by atoms with Crippen molar-refractivity contribution < 1.29 is 18.7 Å². The van der Waals surface area contributed by atoms with Gasteiger partial charge in [0, 0.05) is 16.8 Å². The second-order valence-electron chi connectivity index (χ2n) is 7.73. The van der Waals surface area contributed by atoms with Crippen molar-refractivity contribution in [3.63, 3.8) is 0 Å². The Morgan fingerprint density at radius 1 is 1.09 bits per heavy atom. The number of aryl methyl sites for hydroxylation is 1. The van der Waals surface area contributed by atoms with E-state index in [-0.39, 0.29) is 18.0 Å². The Hall–Kier alpha value is -4.31. The second kappa shape index (κ2) is 10.3. The zero-order valence-electron chi connectivity index (χ0n) is 19.0. The molecule has 1 heterocycles. The van der Waals surface area contributed by atoms with Gasteiger partial charge in [-0.05, 0) is 55.5 Å². The number of nitrogens with one attached hydrogen (secondary N) is 3. The number of methoxy groups -OCH3 is 1. The molecule has 0 atom stereocenters. The molecule has 10 heteroatoms. The fourth-order valence-electron chi connectivity index (χ4n) is 3.44. The van der Waals surface area contributed by atoms with Gasteiger partial charge in [-0.2, -0.15) is 5.10 Å². The van der Waals surface area contributed by atoms with Crippen molar-refractivity contribution in [2.45, 2.75) is 13.5 Å². The second-order valence-corrected chi connectivity index (χ2v) is 8.12. The number of aromatic nitrogens is 3. The molecule has 0 radical (unpaired) electrons. The van der Waals surface area contributed by atoms with E-state index in [9.17, 15) is 14.0 Å². The minimum Gasteiger partial charge on any atom is -0.495 e. The summed E-state index contributed by atoms with van der Waals surface area (Å²) < 4.78 is 20.7. The molecule has 0 aliphatic heterocycles. The van der Waals surface area contributed by atoms with Crippen LogP contribution < -0.4 is 15.4 Å². The van der Waals surface area contributed by atoms with E-state index in [2.05, 4.69) is 20.8 Å². The van der Waals surface area contributed by atoms with E-state index in [0.717, 1.165) is 17.2 Å². The first-order chi connectivity index (χ1) is 16.8. The number of hydrogen-bond donors (Lipinski definition) is 3. The van der Waals surface area contributed by atoms with Gasteiger partial charge in [0.25, 0.3) is 5.91 Å². The van der Waals surface area contributed by atoms with Crippen LogP contribution in [-0.4, -0.2) is 33.7 Å². The summed E-state index contributed by atoms with van der Waals surface area (Å²) in [4.78, 5) is 25.4. The summed E-state index contributed by atoms with van der Waals surface area (Å²) in [6.45, 7) is 1.91. The van der Waals surface area contributed by atoms with Gasteiger partial charge in [-0.25, -0.2) is 4.39 Å². The van der Waals surface area contributed by atoms with E-state index < -0.39 is 11.7 Å². The number of hydrogen-bond acceptors (Lipinski definition) is 5. The largest absolute Gasteiger partial charge is 0.495 e. The molecule has 35 heavy (non-hydrogen) atoms. The maximum Gasteiger partial charge on any atom is 0.255 e. The van der Waals surface area contributed by atoms with E-state index in [4.69, 9.17) is 17.0 Å². The number of H-pyrrole nitrogens is 1. The van der Waals surface area contributed by atoms with Crippen LogP contribution in [0.4, 0.5) is 15.8 Å². The van der Waals surface area contributed by atoms with Crippen LogP contribution in [0, 0.1) is 17.5 Å². The Kier molecular flexibility index (Phi) is 7.02. The van der Waals surface area contributed by atoms with Crippen molar-refractivity contribution in [1.82, 2.24) is 14.8 Å². The average molecular weight is 492 g/mol. The highest BCUT2D eigenvalue weighted by atomic mass is 32.1. The first-order valence-corrected chi connectivity index (χ1v) is 11.0. The zero-order valence-corrected chi connectivity index (χ0v) is 19.8. The minimum absolute atomic E-state index is 0.0739.